The second-order valence-electron chi connectivity index (χ2n) is 10.1. The van der Waals surface area contributed by atoms with Crippen LogP contribution in [0.5, 0.6) is 0 Å². The minimum Gasteiger partial charge on any atom is -0.466 e. The molecule has 0 amide bonds. The fourth-order valence-electron chi connectivity index (χ4n) is 4.92. The van der Waals surface area contributed by atoms with Gasteiger partial charge in [-0.05, 0) is 42.4 Å². The molecule has 38 heavy (non-hydrogen) atoms. The van der Waals surface area contributed by atoms with Crippen LogP contribution in [0.4, 0.5) is 0 Å². The van der Waals surface area contributed by atoms with E-state index in [0.717, 1.165) is 32.4 Å². The van der Waals surface area contributed by atoms with Gasteiger partial charge in [-0.2, -0.15) is 0 Å². The molecule has 0 radical (unpaired) electrons. The molecule has 3 heteroatoms. The highest BCUT2D eigenvalue weighted by atomic mass is 16.5. The first-order valence-electron chi connectivity index (χ1n) is 14.4. The Morgan fingerprint density at radius 3 is 1.82 bits per heavy atom. The molecule has 0 aromatic heterocycles. The van der Waals surface area contributed by atoms with E-state index in [-0.39, 0.29) is 17.9 Å². The molecule has 202 valence electrons. The Labute approximate surface area is 230 Å². The average molecular weight is 512 g/mol. The smallest absolute Gasteiger partial charge is 0.306 e. The lowest BCUT2D eigenvalue weighted by atomic mass is 9.94. The monoisotopic (exact) mass is 511 g/mol. The number of nitrogens with zero attached hydrogens (tertiary/aromatic N) is 1. The fraction of sp³-hybridized carbons (Fsp3) is 0.400. The zero-order valence-electron chi connectivity index (χ0n) is 23.3. The SMILES string of the molecule is CCCCCC[C@H](/C=C/[C@H](Cc1ccccc1)N(Cc1ccccc1)Cc1ccccc1)CC(=O)OCC. The third-order valence-corrected chi connectivity index (χ3v) is 6.98. The number of esters is 1. The highest BCUT2D eigenvalue weighted by molar-refractivity contribution is 5.69. The van der Waals surface area contributed by atoms with Gasteiger partial charge in [0.1, 0.15) is 0 Å². The summed E-state index contributed by atoms with van der Waals surface area (Å²) in [5.41, 5.74) is 3.92. The second kappa shape index (κ2) is 17.4. The van der Waals surface area contributed by atoms with Crippen LogP contribution in [0.3, 0.4) is 0 Å². The maximum atomic E-state index is 12.4. The van der Waals surface area contributed by atoms with Crippen molar-refractivity contribution in [2.24, 2.45) is 5.92 Å². The van der Waals surface area contributed by atoms with Gasteiger partial charge in [0.15, 0.2) is 0 Å². The lowest BCUT2D eigenvalue weighted by Crippen LogP contribution is -2.35. The van der Waals surface area contributed by atoms with E-state index in [1.54, 1.807) is 0 Å². The van der Waals surface area contributed by atoms with E-state index in [9.17, 15) is 4.79 Å². The molecule has 0 heterocycles. The molecule has 2 atom stereocenters. The van der Waals surface area contributed by atoms with Gasteiger partial charge in [-0.25, -0.2) is 0 Å². The Hall–Kier alpha value is -3.17. The Morgan fingerprint density at radius 1 is 0.737 bits per heavy atom. The van der Waals surface area contributed by atoms with Crippen molar-refractivity contribution in [1.29, 1.82) is 0 Å². The Bertz CT molecular complexity index is 1010. The zero-order valence-corrected chi connectivity index (χ0v) is 23.3. The van der Waals surface area contributed by atoms with Crippen LogP contribution in [-0.4, -0.2) is 23.5 Å². The van der Waals surface area contributed by atoms with E-state index in [4.69, 9.17) is 4.74 Å². The Balaban J connectivity index is 1.88. The van der Waals surface area contributed by atoms with Crippen molar-refractivity contribution in [3.05, 3.63) is 120 Å². The van der Waals surface area contributed by atoms with E-state index in [1.807, 2.05) is 6.92 Å². The molecule has 3 rings (SSSR count). The minimum atomic E-state index is -0.0947. The van der Waals surface area contributed by atoms with E-state index in [0.29, 0.717) is 13.0 Å². The topological polar surface area (TPSA) is 29.5 Å². The summed E-state index contributed by atoms with van der Waals surface area (Å²) in [5.74, 6) is 0.0992. The van der Waals surface area contributed by atoms with Crippen LogP contribution in [0.15, 0.2) is 103 Å². The number of rotatable bonds is 17. The minimum absolute atomic E-state index is 0.0947. The molecule has 0 bridgehead atoms. The van der Waals surface area contributed by atoms with Gasteiger partial charge < -0.3 is 4.74 Å². The quantitative estimate of drug-likeness (QED) is 0.103. The summed E-state index contributed by atoms with van der Waals surface area (Å²) in [6.07, 6.45) is 11.9. The molecular formula is C35H45NO2. The van der Waals surface area contributed by atoms with Crippen molar-refractivity contribution in [3.8, 4) is 0 Å². The third-order valence-electron chi connectivity index (χ3n) is 6.98. The largest absolute Gasteiger partial charge is 0.466 e. The highest BCUT2D eigenvalue weighted by Crippen LogP contribution is 2.22. The number of unbranched alkanes of at least 4 members (excludes halogenated alkanes) is 3. The number of ether oxygens (including phenoxy) is 1. The maximum absolute atomic E-state index is 12.4. The number of hydrogen-bond donors (Lipinski definition) is 0. The fourth-order valence-corrected chi connectivity index (χ4v) is 4.92. The van der Waals surface area contributed by atoms with Crippen molar-refractivity contribution in [1.82, 2.24) is 4.90 Å². The van der Waals surface area contributed by atoms with Gasteiger partial charge in [-0.15, -0.1) is 0 Å². The van der Waals surface area contributed by atoms with Crippen LogP contribution in [0.2, 0.25) is 0 Å². The van der Waals surface area contributed by atoms with E-state index < -0.39 is 0 Å². The summed E-state index contributed by atoms with van der Waals surface area (Å²) >= 11 is 0. The number of benzene rings is 3. The predicted molar refractivity (Wildman–Crippen MR) is 159 cm³/mol. The predicted octanol–water partition coefficient (Wildman–Crippen LogP) is 8.40. The summed E-state index contributed by atoms with van der Waals surface area (Å²) in [6.45, 7) is 6.26. The van der Waals surface area contributed by atoms with Crippen LogP contribution in [0.1, 0.15) is 69.1 Å². The molecule has 3 aromatic carbocycles. The van der Waals surface area contributed by atoms with Crippen molar-refractivity contribution in [3.63, 3.8) is 0 Å². The summed E-state index contributed by atoms with van der Waals surface area (Å²) in [6, 6.07) is 32.4. The molecule has 0 aliphatic heterocycles. The molecule has 3 aromatic rings. The highest BCUT2D eigenvalue weighted by Gasteiger charge is 2.19. The van der Waals surface area contributed by atoms with Crippen LogP contribution >= 0.6 is 0 Å². The Morgan fingerprint density at radius 2 is 1.29 bits per heavy atom. The standard InChI is InChI=1S/C35H45NO2/c1-3-5-6-10-19-31(27-35(37)38-4-2)24-25-34(26-30-17-11-7-12-18-30)36(28-32-20-13-8-14-21-32)29-33-22-15-9-16-23-33/h7-9,11-18,20-25,31,34H,3-6,10,19,26-29H2,1-2H3/b25-24+/t31-,34-/m1/s1. The second-order valence-corrected chi connectivity index (χ2v) is 10.1. The molecule has 0 aliphatic rings. The molecule has 0 N–H and O–H groups in total. The number of carbonyl (C=O) groups is 1. The lowest BCUT2D eigenvalue weighted by Gasteiger charge is -2.31. The summed E-state index contributed by atoms with van der Waals surface area (Å²) in [4.78, 5) is 15.0. The van der Waals surface area contributed by atoms with Crippen molar-refractivity contribution >= 4 is 5.97 Å². The van der Waals surface area contributed by atoms with E-state index in [1.165, 1.54) is 36.0 Å². The normalized spacial score (nSPS) is 13.0. The average Bonchev–Trinajstić information content (AvgIpc) is 2.94. The lowest BCUT2D eigenvalue weighted by molar-refractivity contribution is -0.143. The van der Waals surface area contributed by atoms with Gasteiger partial charge in [0.25, 0.3) is 0 Å². The number of hydrogen-bond acceptors (Lipinski definition) is 3. The van der Waals surface area contributed by atoms with Crippen molar-refractivity contribution in [2.75, 3.05) is 6.61 Å². The molecular weight excluding hydrogens is 466 g/mol. The van der Waals surface area contributed by atoms with Gasteiger partial charge in [-0.1, -0.05) is 136 Å². The zero-order chi connectivity index (χ0) is 26.8. The molecule has 0 spiro atoms. The van der Waals surface area contributed by atoms with E-state index in [2.05, 4.69) is 115 Å². The maximum Gasteiger partial charge on any atom is 0.306 e. The van der Waals surface area contributed by atoms with Gasteiger partial charge >= 0.3 is 5.97 Å². The number of allylic oxidation sites excluding steroid dienone is 1. The molecule has 0 fully saturated rings. The molecule has 0 unspecified atom stereocenters. The van der Waals surface area contributed by atoms with Gasteiger partial charge in [-0.3, -0.25) is 9.69 Å². The van der Waals surface area contributed by atoms with Gasteiger partial charge in [0.05, 0.1) is 13.0 Å². The first-order chi connectivity index (χ1) is 18.7. The molecule has 0 saturated carbocycles. The van der Waals surface area contributed by atoms with Crippen molar-refractivity contribution < 1.29 is 9.53 Å². The molecule has 0 saturated heterocycles. The molecule has 3 nitrogen and oxygen atoms in total. The molecule has 0 aliphatic carbocycles. The number of carbonyl (C=O) groups excluding carboxylic acids is 1. The summed E-state index contributed by atoms with van der Waals surface area (Å²) < 4.78 is 5.32. The van der Waals surface area contributed by atoms with Gasteiger partial charge in [0, 0.05) is 19.1 Å². The first-order valence-corrected chi connectivity index (χ1v) is 14.4. The van der Waals surface area contributed by atoms with Crippen LogP contribution < -0.4 is 0 Å². The van der Waals surface area contributed by atoms with Crippen LogP contribution in [-0.2, 0) is 29.0 Å². The Kier molecular flexibility index (Phi) is 13.4. The summed E-state index contributed by atoms with van der Waals surface area (Å²) in [7, 11) is 0. The van der Waals surface area contributed by atoms with Crippen LogP contribution in [0.25, 0.3) is 0 Å². The summed E-state index contributed by atoms with van der Waals surface area (Å²) in [5, 5.41) is 0. The van der Waals surface area contributed by atoms with E-state index >= 15 is 0 Å². The van der Waals surface area contributed by atoms with Gasteiger partial charge in [0.2, 0.25) is 0 Å². The van der Waals surface area contributed by atoms with Crippen molar-refractivity contribution in [2.45, 2.75) is 77.9 Å². The third kappa shape index (κ3) is 11.1. The van der Waals surface area contributed by atoms with Crippen LogP contribution in [0, 0.1) is 5.92 Å². The first kappa shape index (κ1) is 29.4.